The maximum absolute atomic E-state index is 9.81. The van der Waals surface area contributed by atoms with E-state index in [-0.39, 0.29) is 11.6 Å². The average molecular weight is 379 g/mol. The van der Waals surface area contributed by atoms with Gasteiger partial charge in [0.1, 0.15) is 5.01 Å². The number of hydrogen-bond donors (Lipinski definition) is 1. The Hall–Kier alpha value is -2.06. The van der Waals surface area contributed by atoms with Gasteiger partial charge in [-0.1, -0.05) is 34.2 Å². The SMILES string of the molecule is CCc1nnc(N=Cc2nc(-c3ccc(Br)cc3)oc2O)s1. The molecule has 0 atom stereocenters. The Labute approximate surface area is 138 Å². The second kappa shape index (κ2) is 6.37. The van der Waals surface area contributed by atoms with Crippen molar-refractivity contribution in [2.45, 2.75) is 13.3 Å². The summed E-state index contributed by atoms with van der Waals surface area (Å²) in [5, 5.41) is 19.1. The Morgan fingerprint density at radius 2 is 2.09 bits per heavy atom. The topological polar surface area (TPSA) is 84.4 Å². The van der Waals surface area contributed by atoms with E-state index in [1.54, 1.807) is 0 Å². The Morgan fingerprint density at radius 1 is 1.32 bits per heavy atom. The van der Waals surface area contributed by atoms with Crippen molar-refractivity contribution in [1.29, 1.82) is 0 Å². The summed E-state index contributed by atoms with van der Waals surface area (Å²) in [4.78, 5) is 8.38. The van der Waals surface area contributed by atoms with Crippen LogP contribution in [-0.4, -0.2) is 26.5 Å². The van der Waals surface area contributed by atoms with E-state index in [1.807, 2.05) is 31.2 Å². The first-order valence-corrected chi connectivity index (χ1v) is 8.09. The van der Waals surface area contributed by atoms with Crippen LogP contribution in [0.5, 0.6) is 5.95 Å². The van der Waals surface area contributed by atoms with E-state index in [9.17, 15) is 5.11 Å². The number of aromatic nitrogens is 3. The number of benzene rings is 1. The van der Waals surface area contributed by atoms with Gasteiger partial charge in [0.25, 0.3) is 0 Å². The molecule has 0 spiro atoms. The molecule has 3 aromatic rings. The summed E-state index contributed by atoms with van der Waals surface area (Å²) in [5.41, 5.74) is 1.02. The van der Waals surface area contributed by atoms with Gasteiger partial charge in [0.15, 0.2) is 5.69 Å². The average Bonchev–Trinajstić information content (AvgIpc) is 3.12. The molecule has 0 bridgehead atoms. The van der Waals surface area contributed by atoms with Crippen LogP contribution in [0.1, 0.15) is 17.6 Å². The molecular weight excluding hydrogens is 368 g/mol. The summed E-state index contributed by atoms with van der Waals surface area (Å²) in [5.74, 6) is 0.0554. The van der Waals surface area contributed by atoms with Crippen molar-refractivity contribution < 1.29 is 9.52 Å². The van der Waals surface area contributed by atoms with Gasteiger partial charge in [0.2, 0.25) is 11.0 Å². The molecule has 0 saturated heterocycles. The molecule has 0 unspecified atom stereocenters. The van der Waals surface area contributed by atoms with Crippen LogP contribution in [0.15, 0.2) is 38.1 Å². The van der Waals surface area contributed by atoms with Crippen LogP contribution in [0.25, 0.3) is 11.5 Å². The van der Waals surface area contributed by atoms with Crippen LogP contribution in [0.3, 0.4) is 0 Å². The molecule has 1 N–H and O–H groups in total. The van der Waals surface area contributed by atoms with Gasteiger partial charge in [-0.3, -0.25) is 0 Å². The quantitative estimate of drug-likeness (QED) is 0.694. The van der Waals surface area contributed by atoms with Gasteiger partial charge in [-0.15, -0.1) is 10.2 Å². The second-order valence-corrected chi connectivity index (χ2v) is 6.26. The Morgan fingerprint density at radius 3 is 2.77 bits per heavy atom. The molecule has 0 fully saturated rings. The lowest BCUT2D eigenvalue weighted by Gasteiger charge is -1.94. The largest absolute Gasteiger partial charge is 0.479 e. The Bertz CT molecular complexity index is 811. The van der Waals surface area contributed by atoms with Gasteiger partial charge < -0.3 is 9.52 Å². The van der Waals surface area contributed by atoms with Gasteiger partial charge in [-0.2, -0.15) is 0 Å². The molecule has 0 radical (unpaired) electrons. The van der Waals surface area contributed by atoms with Gasteiger partial charge in [0, 0.05) is 10.0 Å². The first kappa shape index (κ1) is 14.9. The van der Waals surface area contributed by atoms with Crippen molar-refractivity contribution in [2.24, 2.45) is 4.99 Å². The number of rotatable bonds is 4. The highest BCUT2D eigenvalue weighted by atomic mass is 79.9. The lowest BCUT2D eigenvalue weighted by molar-refractivity contribution is 0.337. The molecule has 2 aromatic heterocycles. The molecule has 0 saturated carbocycles. The lowest BCUT2D eigenvalue weighted by atomic mass is 10.2. The summed E-state index contributed by atoms with van der Waals surface area (Å²) in [6, 6.07) is 7.43. The highest BCUT2D eigenvalue weighted by molar-refractivity contribution is 9.10. The van der Waals surface area contributed by atoms with E-state index >= 15 is 0 Å². The van der Waals surface area contributed by atoms with Gasteiger partial charge >= 0.3 is 5.95 Å². The molecule has 0 aliphatic carbocycles. The second-order valence-electron chi connectivity index (χ2n) is 4.31. The third-order valence-electron chi connectivity index (χ3n) is 2.78. The molecule has 8 heteroatoms. The lowest BCUT2D eigenvalue weighted by Crippen LogP contribution is -1.82. The summed E-state index contributed by atoms with van der Waals surface area (Å²) >= 11 is 4.76. The molecule has 112 valence electrons. The van der Waals surface area contributed by atoms with Crippen molar-refractivity contribution in [1.82, 2.24) is 15.2 Å². The molecule has 2 heterocycles. The number of aliphatic imine (C=N–C) groups is 1. The normalized spacial score (nSPS) is 11.4. The zero-order valence-electron chi connectivity index (χ0n) is 11.5. The van der Waals surface area contributed by atoms with Crippen LogP contribution < -0.4 is 0 Å². The standard InChI is InChI=1S/C14H11BrN4O2S/c1-2-11-18-19-14(22-11)16-7-10-13(20)21-12(17-10)8-3-5-9(15)6-4-8/h3-7,20H,2H2,1H3. The predicted octanol–water partition coefficient (Wildman–Crippen LogP) is 3.97. The maximum atomic E-state index is 9.81. The van der Waals surface area contributed by atoms with Crippen molar-refractivity contribution in [2.75, 3.05) is 0 Å². The minimum Gasteiger partial charge on any atom is -0.479 e. The molecular formula is C14H11BrN4O2S. The van der Waals surface area contributed by atoms with Crippen LogP contribution >= 0.6 is 27.3 Å². The van der Waals surface area contributed by atoms with E-state index in [1.165, 1.54) is 17.6 Å². The van der Waals surface area contributed by atoms with Crippen molar-refractivity contribution in [3.8, 4) is 17.4 Å². The number of oxazole rings is 1. The van der Waals surface area contributed by atoms with Crippen LogP contribution in [0.2, 0.25) is 0 Å². The molecule has 0 aliphatic rings. The summed E-state index contributed by atoms with van der Waals surface area (Å²) < 4.78 is 6.22. The molecule has 22 heavy (non-hydrogen) atoms. The Balaban J connectivity index is 1.84. The van der Waals surface area contributed by atoms with Crippen molar-refractivity contribution in [3.05, 3.63) is 39.4 Å². The number of aromatic hydroxyl groups is 1. The third-order valence-corrected chi connectivity index (χ3v) is 4.29. The molecule has 1 aromatic carbocycles. The number of hydrogen-bond acceptors (Lipinski definition) is 7. The van der Waals surface area contributed by atoms with Crippen molar-refractivity contribution >= 4 is 38.6 Å². The van der Waals surface area contributed by atoms with E-state index in [0.29, 0.717) is 11.0 Å². The molecule has 6 nitrogen and oxygen atoms in total. The van der Waals surface area contributed by atoms with E-state index in [4.69, 9.17) is 4.42 Å². The fraction of sp³-hybridized carbons (Fsp3) is 0.143. The van der Waals surface area contributed by atoms with Crippen LogP contribution in [-0.2, 0) is 6.42 Å². The smallest absolute Gasteiger partial charge is 0.312 e. The van der Waals surface area contributed by atoms with Crippen LogP contribution in [0, 0.1) is 0 Å². The fourth-order valence-electron chi connectivity index (χ4n) is 1.68. The number of nitrogens with zero attached hydrogens (tertiary/aromatic N) is 4. The summed E-state index contributed by atoms with van der Waals surface area (Å²) in [6.07, 6.45) is 2.23. The molecule has 3 rings (SSSR count). The van der Waals surface area contributed by atoms with Crippen molar-refractivity contribution in [3.63, 3.8) is 0 Å². The highest BCUT2D eigenvalue weighted by Crippen LogP contribution is 2.27. The van der Waals surface area contributed by atoms with E-state index in [2.05, 4.69) is 36.1 Å². The van der Waals surface area contributed by atoms with E-state index < -0.39 is 0 Å². The van der Waals surface area contributed by atoms with E-state index in [0.717, 1.165) is 21.5 Å². The van der Waals surface area contributed by atoms with Crippen LogP contribution in [0.4, 0.5) is 5.13 Å². The third kappa shape index (κ3) is 3.23. The highest BCUT2D eigenvalue weighted by Gasteiger charge is 2.12. The van der Waals surface area contributed by atoms with Gasteiger partial charge in [-0.05, 0) is 30.7 Å². The van der Waals surface area contributed by atoms with Gasteiger partial charge in [0.05, 0.1) is 6.21 Å². The number of aryl methyl sites for hydroxylation is 1. The molecule has 0 aliphatic heterocycles. The monoisotopic (exact) mass is 378 g/mol. The minimum atomic E-state index is -0.276. The zero-order chi connectivity index (χ0) is 15.5. The molecule has 0 amide bonds. The zero-order valence-corrected chi connectivity index (χ0v) is 13.9. The summed E-state index contributed by atoms with van der Waals surface area (Å²) in [7, 11) is 0. The predicted molar refractivity (Wildman–Crippen MR) is 87.8 cm³/mol. The first-order valence-electron chi connectivity index (χ1n) is 6.48. The first-order chi connectivity index (χ1) is 10.7. The van der Waals surface area contributed by atoms with Gasteiger partial charge in [-0.25, -0.2) is 9.98 Å². The summed E-state index contributed by atoms with van der Waals surface area (Å²) in [6.45, 7) is 2.00. The number of halogens is 1. The fourth-order valence-corrected chi connectivity index (χ4v) is 2.57. The minimum absolute atomic E-state index is 0.256. The maximum Gasteiger partial charge on any atom is 0.312 e. The Kier molecular flexibility index (Phi) is 4.30.